The van der Waals surface area contributed by atoms with E-state index in [0.29, 0.717) is 12.4 Å². The molecule has 0 radical (unpaired) electrons. The fraction of sp³-hybridized carbons (Fsp3) is 0.500. The van der Waals surface area contributed by atoms with Crippen molar-refractivity contribution in [2.24, 2.45) is 5.92 Å². The Morgan fingerprint density at radius 2 is 2.12 bits per heavy atom. The molecule has 2 aromatic rings. The van der Waals surface area contributed by atoms with Crippen molar-refractivity contribution in [1.82, 2.24) is 20.3 Å². The van der Waals surface area contributed by atoms with Gasteiger partial charge in [0.15, 0.2) is 5.82 Å². The Labute approximate surface area is 149 Å². The minimum Gasteiger partial charge on any atom is -0.368 e. The minimum atomic E-state index is -4.13. The highest BCUT2D eigenvalue weighted by Crippen LogP contribution is 2.33. The zero-order valence-corrected chi connectivity index (χ0v) is 14.2. The fourth-order valence-electron chi connectivity index (χ4n) is 3.65. The quantitative estimate of drug-likeness (QED) is 0.875. The summed E-state index contributed by atoms with van der Waals surface area (Å²) in [6.45, 7) is 0.404. The SMILES string of the molecule is FC(F)(F)[C@@H]1CN[C@H](CNc2nc(-c3cccnc3)nc3c2CCC3)C1. The molecule has 1 fully saturated rings. The third kappa shape index (κ3) is 3.51. The van der Waals surface area contributed by atoms with Crippen LogP contribution in [0.1, 0.15) is 24.1 Å². The van der Waals surface area contributed by atoms with E-state index in [1.807, 2.05) is 12.1 Å². The van der Waals surface area contributed by atoms with E-state index in [-0.39, 0.29) is 19.0 Å². The molecule has 1 saturated heterocycles. The van der Waals surface area contributed by atoms with Gasteiger partial charge in [-0.05, 0) is 37.8 Å². The Morgan fingerprint density at radius 3 is 2.85 bits per heavy atom. The molecule has 1 aliphatic carbocycles. The highest BCUT2D eigenvalue weighted by atomic mass is 19.4. The lowest BCUT2D eigenvalue weighted by Gasteiger charge is -2.16. The topological polar surface area (TPSA) is 62.7 Å². The molecule has 2 aromatic heterocycles. The molecule has 5 nitrogen and oxygen atoms in total. The van der Waals surface area contributed by atoms with Crippen LogP contribution in [-0.2, 0) is 12.8 Å². The Bertz CT molecular complexity index is 778. The summed E-state index contributed by atoms with van der Waals surface area (Å²) >= 11 is 0. The van der Waals surface area contributed by atoms with Crippen molar-refractivity contribution in [1.29, 1.82) is 0 Å². The number of nitrogens with one attached hydrogen (secondary N) is 2. The van der Waals surface area contributed by atoms with Crippen molar-refractivity contribution in [3.8, 4) is 11.4 Å². The van der Waals surface area contributed by atoms with Crippen LogP contribution in [0.25, 0.3) is 11.4 Å². The fourth-order valence-corrected chi connectivity index (χ4v) is 3.65. The number of rotatable bonds is 4. The van der Waals surface area contributed by atoms with Crippen molar-refractivity contribution in [3.05, 3.63) is 35.8 Å². The average Bonchev–Trinajstić information content (AvgIpc) is 3.29. The van der Waals surface area contributed by atoms with E-state index in [4.69, 9.17) is 0 Å². The molecule has 138 valence electrons. The van der Waals surface area contributed by atoms with Gasteiger partial charge in [0.25, 0.3) is 0 Å². The first kappa shape index (κ1) is 17.2. The molecule has 0 spiro atoms. The molecule has 0 amide bonds. The van der Waals surface area contributed by atoms with E-state index in [0.717, 1.165) is 41.9 Å². The van der Waals surface area contributed by atoms with Crippen LogP contribution in [-0.4, -0.2) is 40.3 Å². The third-order valence-electron chi connectivity index (χ3n) is 5.05. The number of hydrogen-bond acceptors (Lipinski definition) is 5. The van der Waals surface area contributed by atoms with E-state index < -0.39 is 12.1 Å². The number of fused-ring (bicyclic) bond motifs is 1. The molecule has 2 N–H and O–H groups in total. The van der Waals surface area contributed by atoms with Crippen LogP contribution in [0, 0.1) is 5.92 Å². The van der Waals surface area contributed by atoms with E-state index >= 15 is 0 Å². The van der Waals surface area contributed by atoms with Gasteiger partial charge in [0.1, 0.15) is 5.82 Å². The molecule has 8 heteroatoms. The molecule has 0 aromatic carbocycles. The van der Waals surface area contributed by atoms with E-state index in [1.54, 1.807) is 12.4 Å². The molecular weight excluding hydrogens is 343 g/mol. The predicted molar refractivity (Wildman–Crippen MR) is 91.7 cm³/mol. The summed E-state index contributed by atoms with van der Waals surface area (Å²) in [6.07, 6.45) is 2.19. The third-order valence-corrected chi connectivity index (χ3v) is 5.05. The van der Waals surface area contributed by atoms with Gasteiger partial charge in [0.2, 0.25) is 0 Å². The van der Waals surface area contributed by atoms with Crippen molar-refractivity contribution in [3.63, 3.8) is 0 Å². The van der Waals surface area contributed by atoms with E-state index in [1.165, 1.54) is 0 Å². The van der Waals surface area contributed by atoms with Crippen LogP contribution in [0.5, 0.6) is 0 Å². The first-order valence-electron chi connectivity index (χ1n) is 8.85. The second-order valence-corrected chi connectivity index (χ2v) is 6.88. The van der Waals surface area contributed by atoms with Crippen molar-refractivity contribution >= 4 is 5.82 Å². The highest BCUT2D eigenvalue weighted by molar-refractivity contribution is 5.59. The zero-order chi connectivity index (χ0) is 18.1. The lowest BCUT2D eigenvalue weighted by atomic mass is 10.1. The smallest absolute Gasteiger partial charge is 0.368 e. The molecule has 26 heavy (non-hydrogen) atoms. The summed E-state index contributed by atoms with van der Waals surface area (Å²) in [6, 6.07) is 3.52. The molecule has 0 saturated carbocycles. The van der Waals surface area contributed by atoms with Crippen LogP contribution in [0.3, 0.4) is 0 Å². The molecule has 2 aliphatic rings. The highest BCUT2D eigenvalue weighted by Gasteiger charge is 2.43. The lowest BCUT2D eigenvalue weighted by Crippen LogP contribution is -2.30. The maximum atomic E-state index is 12.8. The standard InChI is InChI=1S/C18H20F3N5/c19-18(20,21)12-7-13(23-9-12)10-24-17-14-4-1-5-15(14)25-16(26-17)11-3-2-6-22-8-11/h2-3,6,8,12-13,23H,1,4-5,7,9-10H2,(H,24,25,26)/t12-,13-/m0/s1. The van der Waals surface area contributed by atoms with Gasteiger partial charge in [-0.2, -0.15) is 13.2 Å². The largest absolute Gasteiger partial charge is 0.393 e. The summed E-state index contributed by atoms with van der Waals surface area (Å²) in [7, 11) is 0. The van der Waals surface area contributed by atoms with Crippen molar-refractivity contribution < 1.29 is 13.2 Å². The Balaban J connectivity index is 1.51. The van der Waals surface area contributed by atoms with Gasteiger partial charge in [-0.15, -0.1) is 0 Å². The molecule has 3 heterocycles. The minimum absolute atomic E-state index is 0.0152. The number of pyridine rings is 1. The van der Waals surface area contributed by atoms with Gasteiger partial charge < -0.3 is 10.6 Å². The Hall–Kier alpha value is -2.22. The predicted octanol–water partition coefficient (Wildman–Crippen LogP) is 2.98. The van der Waals surface area contributed by atoms with Crippen molar-refractivity contribution in [2.75, 3.05) is 18.4 Å². The second kappa shape index (κ2) is 6.83. The number of aryl methyl sites for hydroxylation is 1. The Morgan fingerprint density at radius 1 is 1.23 bits per heavy atom. The summed E-state index contributed by atoms with van der Waals surface area (Å²) in [5.41, 5.74) is 2.94. The van der Waals surface area contributed by atoms with Crippen molar-refractivity contribution in [2.45, 2.75) is 37.9 Å². The van der Waals surface area contributed by atoms with Gasteiger partial charge in [0.05, 0.1) is 5.92 Å². The van der Waals surface area contributed by atoms with Crippen LogP contribution in [0.15, 0.2) is 24.5 Å². The first-order valence-corrected chi connectivity index (χ1v) is 8.85. The monoisotopic (exact) mass is 363 g/mol. The van der Waals surface area contributed by atoms with Gasteiger partial charge in [-0.1, -0.05) is 0 Å². The van der Waals surface area contributed by atoms with Gasteiger partial charge >= 0.3 is 6.18 Å². The second-order valence-electron chi connectivity index (χ2n) is 6.88. The number of halogens is 3. The molecule has 1 aliphatic heterocycles. The number of anilines is 1. The molecule has 0 bridgehead atoms. The van der Waals surface area contributed by atoms with E-state index in [9.17, 15) is 13.2 Å². The number of alkyl halides is 3. The van der Waals surface area contributed by atoms with Gasteiger partial charge in [0, 0.05) is 48.3 Å². The van der Waals surface area contributed by atoms with Gasteiger partial charge in [-0.3, -0.25) is 4.98 Å². The zero-order valence-electron chi connectivity index (χ0n) is 14.2. The summed E-state index contributed by atoms with van der Waals surface area (Å²) in [4.78, 5) is 13.4. The van der Waals surface area contributed by atoms with Gasteiger partial charge in [-0.25, -0.2) is 9.97 Å². The molecule has 4 rings (SSSR count). The lowest BCUT2D eigenvalue weighted by molar-refractivity contribution is -0.169. The van der Waals surface area contributed by atoms with Crippen LogP contribution >= 0.6 is 0 Å². The summed E-state index contributed by atoms with van der Waals surface area (Å²) < 4.78 is 38.5. The summed E-state index contributed by atoms with van der Waals surface area (Å²) in [5.74, 6) is 0.0776. The number of nitrogens with zero attached hydrogens (tertiary/aromatic N) is 3. The number of hydrogen-bond donors (Lipinski definition) is 2. The normalized spacial score (nSPS) is 22.4. The van der Waals surface area contributed by atoms with Crippen LogP contribution in [0.2, 0.25) is 0 Å². The molecule has 0 unspecified atom stereocenters. The van der Waals surface area contributed by atoms with Crippen LogP contribution in [0.4, 0.5) is 19.0 Å². The maximum Gasteiger partial charge on any atom is 0.393 e. The Kier molecular flexibility index (Phi) is 4.52. The maximum absolute atomic E-state index is 12.8. The molecular formula is C18H20F3N5. The van der Waals surface area contributed by atoms with E-state index in [2.05, 4.69) is 25.6 Å². The summed E-state index contributed by atoms with van der Waals surface area (Å²) in [5, 5.41) is 6.23. The first-order chi connectivity index (χ1) is 12.5. The number of aromatic nitrogens is 3. The molecule has 2 atom stereocenters. The average molecular weight is 363 g/mol. The van der Waals surface area contributed by atoms with Crippen LogP contribution < -0.4 is 10.6 Å².